The molecule has 0 bridgehead atoms. The molecule has 0 atom stereocenters. The third-order valence-corrected chi connectivity index (χ3v) is 0.250. The molecule has 0 aromatic heterocycles. The molecule has 0 radical (unpaired) electrons. The minimum absolute atomic E-state index is 1.25. The smallest absolute Gasteiger partial charge is 0.314 e. The molecule has 0 aliphatic carbocycles. The van der Waals surface area contributed by atoms with Crippen molar-refractivity contribution in [3.63, 3.8) is 0 Å². The van der Waals surface area contributed by atoms with E-state index >= 15 is 0 Å². The van der Waals surface area contributed by atoms with Crippen LogP contribution in [0, 0.1) is 0 Å². The van der Waals surface area contributed by atoms with Crippen LogP contribution in [-0.4, -0.2) is 26.1 Å². The fourth-order valence-corrected chi connectivity index (χ4v) is 0. The summed E-state index contributed by atoms with van der Waals surface area (Å²) >= 11 is 0. The molecule has 8 heavy (non-hydrogen) atoms. The van der Waals surface area contributed by atoms with E-state index in [-0.39, 0.29) is 0 Å². The van der Waals surface area contributed by atoms with Crippen molar-refractivity contribution in [2.45, 2.75) is 0 Å². The van der Waals surface area contributed by atoms with Crippen LogP contribution in [0.3, 0.4) is 0 Å². The maximum absolute atomic E-state index is 8.97. The highest BCUT2D eigenvalue weighted by atomic mass is 32.2. The first kappa shape index (κ1) is 7.83. The average Bonchev–Trinajstić information content (AvgIpc) is 1.95. The zero-order valence-corrected chi connectivity index (χ0v) is 4.98. The third kappa shape index (κ3) is 197. The highest BCUT2D eigenvalue weighted by Gasteiger charge is 1.91. The van der Waals surface area contributed by atoms with Crippen LogP contribution < -0.4 is 10.5 Å². The van der Waals surface area contributed by atoms with Crippen molar-refractivity contribution in [3.05, 3.63) is 0 Å². The van der Waals surface area contributed by atoms with E-state index in [1.807, 2.05) is 0 Å². The van der Waals surface area contributed by atoms with Gasteiger partial charge < -0.3 is 5.32 Å². The van der Waals surface area contributed by atoms with Crippen molar-refractivity contribution < 1.29 is 13.0 Å². The molecule has 0 aromatic rings. The first-order valence-corrected chi connectivity index (χ1v) is 3.46. The maximum Gasteiger partial charge on any atom is 0.330 e. The molecular weight excluding hydrogens is 132 g/mol. The van der Waals surface area contributed by atoms with Crippen LogP contribution in [0.5, 0.6) is 0 Å². The summed E-state index contributed by atoms with van der Waals surface area (Å²) < 4.78 is 25.2. The van der Waals surface area contributed by atoms with Gasteiger partial charge in [0, 0.05) is 13.1 Å². The van der Waals surface area contributed by atoms with Crippen molar-refractivity contribution in [1.29, 1.82) is 0 Å². The highest BCUT2D eigenvalue weighted by molar-refractivity contribution is 7.83. The number of nitrogens with two attached hydrogens (primary N) is 1. The van der Waals surface area contributed by atoms with E-state index < -0.39 is 10.3 Å². The van der Waals surface area contributed by atoms with Crippen LogP contribution in [0.25, 0.3) is 0 Å². The van der Waals surface area contributed by atoms with Crippen molar-refractivity contribution in [2.24, 2.45) is 5.14 Å². The average molecular weight is 140 g/mol. The van der Waals surface area contributed by atoms with Crippen LogP contribution in [-0.2, 0) is 10.3 Å². The van der Waals surface area contributed by atoms with Crippen molar-refractivity contribution in [1.82, 2.24) is 5.32 Å². The Hall–Kier alpha value is -0.170. The zero-order chi connectivity index (χ0) is 6.62. The largest absolute Gasteiger partial charge is 0.330 e. The first-order chi connectivity index (χ1) is 3.50. The molecule has 1 aliphatic rings. The molecule has 4 N–H and O–H groups in total. The molecule has 0 aromatic carbocycles. The van der Waals surface area contributed by atoms with E-state index in [4.69, 9.17) is 13.0 Å². The molecule has 1 heterocycles. The van der Waals surface area contributed by atoms with Gasteiger partial charge in [0.05, 0.1) is 0 Å². The van der Waals surface area contributed by atoms with Gasteiger partial charge in [-0.25, -0.2) is 5.14 Å². The van der Waals surface area contributed by atoms with Crippen molar-refractivity contribution in [2.75, 3.05) is 13.1 Å². The highest BCUT2D eigenvalue weighted by Crippen LogP contribution is 1.65. The Balaban J connectivity index is 0.000000135. The SMILES string of the molecule is C1CN1.NS(=O)(=O)O. The Morgan fingerprint density at radius 1 is 1.50 bits per heavy atom. The van der Waals surface area contributed by atoms with Gasteiger partial charge >= 0.3 is 10.3 Å². The first-order valence-electron chi connectivity index (χ1n) is 1.96. The van der Waals surface area contributed by atoms with Gasteiger partial charge in [0.25, 0.3) is 0 Å². The molecule has 1 aliphatic heterocycles. The van der Waals surface area contributed by atoms with Crippen LogP contribution in [0.1, 0.15) is 0 Å². The lowest BCUT2D eigenvalue weighted by atomic mass is 11.0. The van der Waals surface area contributed by atoms with Gasteiger partial charge in [0.15, 0.2) is 0 Å². The lowest BCUT2D eigenvalue weighted by molar-refractivity contribution is 0.485. The van der Waals surface area contributed by atoms with Crippen molar-refractivity contribution >= 4 is 10.3 Å². The number of hydrogen-bond acceptors (Lipinski definition) is 3. The Bertz CT molecular complexity index is 127. The van der Waals surface area contributed by atoms with Crippen LogP contribution in [0.15, 0.2) is 0 Å². The molecule has 0 spiro atoms. The number of rotatable bonds is 0. The van der Waals surface area contributed by atoms with Gasteiger partial charge in [0.1, 0.15) is 0 Å². The molecule has 1 saturated heterocycles. The van der Waals surface area contributed by atoms with Crippen LogP contribution >= 0.6 is 0 Å². The monoisotopic (exact) mass is 140 g/mol. The van der Waals surface area contributed by atoms with Gasteiger partial charge in [-0.2, -0.15) is 8.42 Å². The summed E-state index contributed by atoms with van der Waals surface area (Å²) in [6.45, 7) is 2.50. The number of nitrogens with one attached hydrogen (secondary N) is 1. The second kappa shape index (κ2) is 2.98. The van der Waals surface area contributed by atoms with E-state index in [0.29, 0.717) is 0 Å². The van der Waals surface area contributed by atoms with Gasteiger partial charge in [-0.3, -0.25) is 4.55 Å². The van der Waals surface area contributed by atoms with Crippen LogP contribution in [0.2, 0.25) is 0 Å². The van der Waals surface area contributed by atoms with Gasteiger partial charge in [0.2, 0.25) is 0 Å². The van der Waals surface area contributed by atoms with Crippen molar-refractivity contribution in [3.8, 4) is 0 Å². The second-order valence-corrected chi connectivity index (χ2v) is 2.29. The minimum Gasteiger partial charge on any atom is -0.314 e. The van der Waals surface area contributed by atoms with E-state index in [1.165, 1.54) is 13.1 Å². The van der Waals surface area contributed by atoms with E-state index in [0.717, 1.165) is 0 Å². The molecule has 0 saturated carbocycles. The summed E-state index contributed by atoms with van der Waals surface area (Å²) in [5, 5.41) is 6.88. The quantitative estimate of drug-likeness (QED) is 0.277. The second-order valence-electron chi connectivity index (χ2n) is 1.26. The molecule has 0 amide bonds. The van der Waals surface area contributed by atoms with Gasteiger partial charge in [-0.1, -0.05) is 0 Å². The Kier molecular flexibility index (Phi) is 2.91. The minimum atomic E-state index is -4.17. The normalized spacial score (nSPS) is 16.2. The Labute approximate surface area is 47.8 Å². The summed E-state index contributed by atoms with van der Waals surface area (Å²) in [4.78, 5) is 0. The molecule has 0 unspecified atom stereocenters. The topological polar surface area (TPSA) is 102 Å². The molecule has 6 heteroatoms. The maximum atomic E-state index is 8.97. The lowest BCUT2D eigenvalue weighted by Gasteiger charge is -1.70. The lowest BCUT2D eigenvalue weighted by Crippen LogP contribution is -2.08. The predicted octanol–water partition coefficient (Wildman–Crippen LogP) is -1.66. The molecule has 5 nitrogen and oxygen atoms in total. The molecular formula is C2H8N2O3S. The number of hydrogen-bond donors (Lipinski definition) is 3. The fourth-order valence-electron chi connectivity index (χ4n) is 0. The summed E-state index contributed by atoms with van der Waals surface area (Å²) in [5.74, 6) is 0. The van der Waals surface area contributed by atoms with Gasteiger partial charge in [-0.15, -0.1) is 0 Å². The van der Waals surface area contributed by atoms with Gasteiger partial charge in [-0.05, 0) is 0 Å². The van der Waals surface area contributed by atoms with E-state index in [2.05, 4.69) is 10.5 Å². The van der Waals surface area contributed by atoms with E-state index in [1.54, 1.807) is 0 Å². The summed E-state index contributed by atoms with van der Waals surface area (Å²) in [6, 6.07) is 0. The van der Waals surface area contributed by atoms with Crippen LogP contribution in [0.4, 0.5) is 0 Å². The molecule has 1 rings (SSSR count). The predicted molar refractivity (Wildman–Crippen MR) is 28.6 cm³/mol. The summed E-state index contributed by atoms with van der Waals surface area (Å²) in [7, 11) is -4.17. The Morgan fingerprint density at radius 3 is 1.62 bits per heavy atom. The fraction of sp³-hybridized carbons (Fsp3) is 1.00. The molecule has 50 valence electrons. The zero-order valence-electron chi connectivity index (χ0n) is 4.16. The standard InChI is InChI=1S/C2H5N.H3NO3S/c1-2-3-1;1-5(2,3)4/h3H,1-2H2;(H3,1,2,3,4). The third-order valence-electron chi connectivity index (χ3n) is 0.250. The summed E-state index contributed by atoms with van der Waals surface area (Å²) in [6.07, 6.45) is 0. The molecule has 1 fully saturated rings. The summed E-state index contributed by atoms with van der Waals surface area (Å²) in [5.41, 5.74) is 0. The van der Waals surface area contributed by atoms with E-state index in [9.17, 15) is 0 Å². The Morgan fingerprint density at radius 2 is 1.62 bits per heavy atom.